The minimum Gasteiger partial charge on any atom is -0.369 e. The molecule has 0 spiro atoms. The first-order valence-corrected chi connectivity index (χ1v) is 3.37. The van der Waals surface area contributed by atoms with E-state index < -0.39 is 0 Å². The van der Waals surface area contributed by atoms with Crippen molar-refractivity contribution in [3.63, 3.8) is 0 Å². The molecule has 1 amide bonds. The molecule has 1 rings (SSSR count). The number of amides is 1. The zero-order chi connectivity index (χ0) is 8.43. The van der Waals surface area contributed by atoms with E-state index in [2.05, 4.69) is 5.10 Å². The second-order valence-electron chi connectivity index (χ2n) is 2.52. The van der Waals surface area contributed by atoms with Gasteiger partial charge in [0.05, 0.1) is 12.6 Å². The number of rotatable bonds is 2. The Morgan fingerprint density at radius 2 is 2.45 bits per heavy atom. The summed E-state index contributed by atoms with van der Waals surface area (Å²) in [6.07, 6.45) is 1.94. The first-order chi connectivity index (χ1) is 5.11. The average Bonchev–Trinajstić information content (AvgIpc) is 2.18. The Balaban J connectivity index is 2.87. The fraction of sp³-hybridized carbons (Fsp3) is 0.429. The van der Waals surface area contributed by atoms with Crippen LogP contribution in [-0.4, -0.2) is 15.7 Å². The number of primary amides is 1. The highest BCUT2D eigenvalue weighted by molar-refractivity contribution is 5.76. The topological polar surface area (TPSA) is 60.9 Å². The molecule has 1 aromatic rings. The van der Waals surface area contributed by atoms with Gasteiger partial charge < -0.3 is 5.73 Å². The van der Waals surface area contributed by atoms with E-state index in [1.165, 1.54) is 0 Å². The van der Waals surface area contributed by atoms with Gasteiger partial charge in [0.25, 0.3) is 0 Å². The Kier molecular flexibility index (Phi) is 1.94. The molecule has 0 aliphatic rings. The molecule has 4 heteroatoms. The molecular formula is C7H11N3O. The molecule has 0 saturated carbocycles. The van der Waals surface area contributed by atoms with Crippen LogP contribution in [0.4, 0.5) is 0 Å². The van der Waals surface area contributed by atoms with Gasteiger partial charge in [0.2, 0.25) is 5.91 Å². The summed E-state index contributed by atoms with van der Waals surface area (Å²) in [4.78, 5) is 10.5. The van der Waals surface area contributed by atoms with Crippen molar-refractivity contribution in [3.8, 4) is 0 Å². The largest absolute Gasteiger partial charge is 0.369 e. The second kappa shape index (κ2) is 2.74. The number of carbonyl (C=O) groups is 1. The molecule has 0 bridgehead atoms. The fourth-order valence-electron chi connectivity index (χ4n) is 0.905. The third-order valence-corrected chi connectivity index (χ3v) is 1.70. The molecule has 0 saturated heterocycles. The number of nitrogens with zero attached hydrogens (tertiary/aromatic N) is 2. The summed E-state index contributed by atoms with van der Waals surface area (Å²) in [6, 6.07) is 0. The molecule has 2 N–H and O–H groups in total. The molecule has 1 heterocycles. The molecule has 11 heavy (non-hydrogen) atoms. The van der Waals surface area contributed by atoms with E-state index in [9.17, 15) is 4.79 Å². The molecule has 0 fully saturated rings. The van der Waals surface area contributed by atoms with Gasteiger partial charge in [0, 0.05) is 18.3 Å². The monoisotopic (exact) mass is 153 g/mol. The van der Waals surface area contributed by atoms with Crippen LogP contribution in [0.5, 0.6) is 0 Å². The maximum Gasteiger partial charge on any atom is 0.221 e. The maximum atomic E-state index is 10.5. The van der Waals surface area contributed by atoms with E-state index in [0.29, 0.717) is 0 Å². The van der Waals surface area contributed by atoms with Gasteiger partial charge >= 0.3 is 0 Å². The van der Waals surface area contributed by atoms with Crippen LogP contribution >= 0.6 is 0 Å². The Hall–Kier alpha value is -1.32. The van der Waals surface area contributed by atoms with Crippen molar-refractivity contribution in [2.45, 2.75) is 13.3 Å². The van der Waals surface area contributed by atoms with Crippen LogP contribution in [0, 0.1) is 6.92 Å². The molecule has 0 radical (unpaired) electrons. The summed E-state index contributed by atoms with van der Waals surface area (Å²) < 4.78 is 1.72. The number of hydrogen-bond acceptors (Lipinski definition) is 2. The minimum atomic E-state index is -0.318. The number of aromatic nitrogens is 2. The lowest BCUT2D eigenvalue weighted by Crippen LogP contribution is -2.14. The van der Waals surface area contributed by atoms with Crippen LogP contribution in [0.25, 0.3) is 0 Å². The zero-order valence-corrected chi connectivity index (χ0v) is 6.66. The lowest BCUT2D eigenvalue weighted by molar-refractivity contribution is -0.117. The highest BCUT2D eigenvalue weighted by Gasteiger charge is 2.05. The van der Waals surface area contributed by atoms with Gasteiger partial charge in [-0.25, -0.2) is 0 Å². The van der Waals surface area contributed by atoms with Crippen molar-refractivity contribution in [3.05, 3.63) is 17.5 Å². The van der Waals surface area contributed by atoms with E-state index >= 15 is 0 Å². The van der Waals surface area contributed by atoms with Crippen molar-refractivity contribution in [1.29, 1.82) is 0 Å². The minimum absolute atomic E-state index is 0.277. The van der Waals surface area contributed by atoms with Crippen LogP contribution in [0.2, 0.25) is 0 Å². The number of carbonyl (C=O) groups excluding carboxylic acids is 1. The second-order valence-corrected chi connectivity index (χ2v) is 2.52. The number of aryl methyl sites for hydroxylation is 1. The predicted octanol–water partition coefficient (Wildman–Crippen LogP) is -0.244. The van der Waals surface area contributed by atoms with Gasteiger partial charge in [-0.3, -0.25) is 9.48 Å². The highest BCUT2D eigenvalue weighted by atomic mass is 16.1. The van der Waals surface area contributed by atoms with Crippen molar-refractivity contribution < 1.29 is 4.79 Å². The van der Waals surface area contributed by atoms with Crippen molar-refractivity contribution in [2.75, 3.05) is 0 Å². The summed E-state index contributed by atoms with van der Waals surface area (Å²) in [7, 11) is 1.83. The maximum absolute atomic E-state index is 10.5. The average molecular weight is 153 g/mol. The van der Waals surface area contributed by atoms with Crippen molar-refractivity contribution >= 4 is 5.91 Å². The quantitative estimate of drug-likeness (QED) is 0.637. The Bertz CT molecular complexity index is 277. The van der Waals surface area contributed by atoms with E-state index in [-0.39, 0.29) is 12.3 Å². The van der Waals surface area contributed by atoms with E-state index in [4.69, 9.17) is 5.73 Å². The van der Waals surface area contributed by atoms with E-state index in [1.807, 2.05) is 14.0 Å². The SMILES string of the molecule is Cc1c(CC(N)=O)cnn1C. The number of hydrogen-bond donors (Lipinski definition) is 1. The zero-order valence-electron chi connectivity index (χ0n) is 6.66. The molecule has 4 nitrogen and oxygen atoms in total. The fourth-order valence-corrected chi connectivity index (χ4v) is 0.905. The van der Waals surface area contributed by atoms with Crippen LogP contribution in [-0.2, 0) is 18.3 Å². The summed E-state index contributed by atoms with van der Waals surface area (Å²) in [5.41, 5.74) is 6.92. The van der Waals surface area contributed by atoms with Gasteiger partial charge in [0.1, 0.15) is 0 Å². The van der Waals surface area contributed by atoms with Crippen LogP contribution < -0.4 is 5.73 Å². The summed E-state index contributed by atoms with van der Waals surface area (Å²) in [5.74, 6) is -0.318. The van der Waals surface area contributed by atoms with Gasteiger partial charge in [-0.15, -0.1) is 0 Å². The van der Waals surface area contributed by atoms with Gasteiger partial charge in [-0.1, -0.05) is 0 Å². The van der Waals surface area contributed by atoms with Gasteiger partial charge in [-0.2, -0.15) is 5.10 Å². The summed E-state index contributed by atoms with van der Waals surface area (Å²) >= 11 is 0. The Morgan fingerprint density at radius 1 is 1.82 bits per heavy atom. The molecular weight excluding hydrogens is 142 g/mol. The lowest BCUT2D eigenvalue weighted by atomic mass is 10.2. The molecule has 60 valence electrons. The standard InChI is InChI=1S/C7H11N3O/c1-5-6(3-7(8)11)4-9-10(5)2/h4H,3H2,1-2H3,(H2,8,11). The normalized spacial score (nSPS) is 10.0. The van der Waals surface area contributed by atoms with E-state index in [0.717, 1.165) is 11.3 Å². The highest BCUT2D eigenvalue weighted by Crippen LogP contribution is 2.05. The van der Waals surface area contributed by atoms with Gasteiger partial charge in [-0.05, 0) is 6.92 Å². The summed E-state index contributed by atoms with van der Waals surface area (Å²) in [5, 5.41) is 3.98. The smallest absolute Gasteiger partial charge is 0.221 e. The molecule has 0 aliphatic heterocycles. The van der Waals surface area contributed by atoms with Crippen molar-refractivity contribution in [1.82, 2.24) is 9.78 Å². The first kappa shape index (κ1) is 7.78. The molecule has 0 aliphatic carbocycles. The molecule has 0 atom stereocenters. The Morgan fingerprint density at radius 3 is 2.82 bits per heavy atom. The summed E-state index contributed by atoms with van der Waals surface area (Å²) in [6.45, 7) is 1.91. The van der Waals surface area contributed by atoms with Gasteiger partial charge in [0.15, 0.2) is 0 Å². The predicted molar refractivity (Wildman–Crippen MR) is 40.8 cm³/mol. The van der Waals surface area contributed by atoms with E-state index in [1.54, 1.807) is 10.9 Å². The third-order valence-electron chi connectivity index (χ3n) is 1.70. The van der Waals surface area contributed by atoms with Crippen molar-refractivity contribution in [2.24, 2.45) is 12.8 Å². The molecule has 0 unspecified atom stereocenters. The Labute approximate surface area is 65.0 Å². The molecule has 1 aromatic heterocycles. The number of nitrogens with two attached hydrogens (primary N) is 1. The molecule has 0 aromatic carbocycles. The van der Waals surface area contributed by atoms with Crippen LogP contribution in [0.3, 0.4) is 0 Å². The lowest BCUT2D eigenvalue weighted by Gasteiger charge is -1.95. The van der Waals surface area contributed by atoms with Crippen LogP contribution in [0.1, 0.15) is 11.3 Å². The first-order valence-electron chi connectivity index (χ1n) is 3.37. The van der Waals surface area contributed by atoms with Crippen LogP contribution in [0.15, 0.2) is 6.20 Å². The third kappa shape index (κ3) is 1.58.